The molecular formula is C24H27N3O5. The number of benzene rings is 2. The molecule has 1 aromatic heterocycles. The van der Waals surface area contributed by atoms with E-state index in [2.05, 4.69) is 10.4 Å². The Hall–Kier alpha value is -3.52. The monoisotopic (exact) mass is 437 g/mol. The first kappa shape index (κ1) is 21.7. The molecule has 32 heavy (non-hydrogen) atoms. The molecule has 1 aliphatic rings. The quantitative estimate of drug-likeness (QED) is 0.550. The largest absolute Gasteiger partial charge is 0.493 e. The van der Waals surface area contributed by atoms with Gasteiger partial charge in [0.2, 0.25) is 0 Å². The van der Waals surface area contributed by atoms with Crippen molar-refractivity contribution >= 4 is 6.09 Å². The van der Waals surface area contributed by atoms with E-state index in [1.54, 1.807) is 18.0 Å². The zero-order valence-electron chi connectivity index (χ0n) is 18.0. The van der Waals surface area contributed by atoms with Crippen LogP contribution < -0.4 is 14.8 Å². The zero-order valence-corrected chi connectivity index (χ0v) is 18.0. The first-order chi connectivity index (χ1) is 15.7. The summed E-state index contributed by atoms with van der Waals surface area (Å²) in [4.78, 5) is 12.0. The van der Waals surface area contributed by atoms with E-state index >= 15 is 0 Å². The summed E-state index contributed by atoms with van der Waals surface area (Å²) >= 11 is 0. The molecule has 1 aliphatic heterocycles. The van der Waals surface area contributed by atoms with E-state index in [1.165, 1.54) is 0 Å². The minimum absolute atomic E-state index is 0.0202. The van der Waals surface area contributed by atoms with E-state index in [-0.39, 0.29) is 12.7 Å². The first-order valence-corrected chi connectivity index (χ1v) is 10.6. The lowest BCUT2D eigenvalue weighted by atomic mass is 10.1. The highest BCUT2D eigenvalue weighted by atomic mass is 16.6. The van der Waals surface area contributed by atoms with E-state index in [9.17, 15) is 4.79 Å². The smallest absolute Gasteiger partial charge is 0.407 e. The third-order valence-corrected chi connectivity index (χ3v) is 5.17. The highest BCUT2D eigenvalue weighted by Crippen LogP contribution is 2.34. The number of amides is 1. The van der Waals surface area contributed by atoms with E-state index in [0.717, 1.165) is 23.2 Å². The molecule has 1 atom stereocenters. The second-order valence-corrected chi connectivity index (χ2v) is 7.38. The molecule has 2 aromatic carbocycles. The maximum absolute atomic E-state index is 12.0. The molecule has 0 bridgehead atoms. The Balaban J connectivity index is 1.35. The minimum Gasteiger partial charge on any atom is -0.493 e. The number of hydrogen-bond donors (Lipinski definition) is 1. The van der Waals surface area contributed by atoms with Gasteiger partial charge in [0, 0.05) is 24.7 Å². The summed E-state index contributed by atoms with van der Waals surface area (Å²) in [5, 5.41) is 7.12. The van der Waals surface area contributed by atoms with Crippen molar-refractivity contribution in [2.75, 3.05) is 26.9 Å². The summed E-state index contributed by atoms with van der Waals surface area (Å²) in [7, 11) is 1.62. The lowest BCUT2D eigenvalue weighted by Crippen LogP contribution is -2.25. The molecule has 4 rings (SSSR count). The normalized spacial score (nSPS) is 15.3. The van der Waals surface area contributed by atoms with Gasteiger partial charge in [-0.15, -0.1) is 0 Å². The maximum Gasteiger partial charge on any atom is 0.407 e. The standard InChI is InChI=1S/C24H27N3O5/c1-29-22-8-7-19(15-23(22)32-20-10-13-30-17-20)21-9-11-26-27(21)12-14-31-24(28)25-16-18-5-3-2-4-6-18/h2-9,11,15,20H,10,12-14,16-17H2,1H3,(H,25,28)/t20-/m1/s1. The van der Waals surface area contributed by atoms with Crippen molar-refractivity contribution < 1.29 is 23.7 Å². The van der Waals surface area contributed by atoms with Crippen LogP contribution in [0.2, 0.25) is 0 Å². The van der Waals surface area contributed by atoms with Crippen LogP contribution in [0.1, 0.15) is 12.0 Å². The summed E-state index contributed by atoms with van der Waals surface area (Å²) in [6.45, 7) is 2.34. The number of rotatable bonds is 9. The van der Waals surface area contributed by atoms with Gasteiger partial charge in [0.1, 0.15) is 12.7 Å². The van der Waals surface area contributed by atoms with Crippen LogP contribution in [-0.4, -0.2) is 48.9 Å². The SMILES string of the molecule is COc1ccc(-c2ccnn2CCOC(=O)NCc2ccccc2)cc1O[C@@H]1CCOC1. The molecule has 3 aromatic rings. The van der Waals surface area contributed by atoms with Crippen LogP contribution >= 0.6 is 0 Å². The summed E-state index contributed by atoms with van der Waals surface area (Å²) in [6.07, 6.45) is 2.14. The predicted molar refractivity (Wildman–Crippen MR) is 119 cm³/mol. The van der Waals surface area contributed by atoms with Gasteiger partial charge in [-0.2, -0.15) is 5.10 Å². The molecular weight excluding hydrogens is 410 g/mol. The van der Waals surface area contributed by atoms with Crippen molar-refractivity contribution in [2.24, 2.45) is 0 Å². The van der Waals surface area contributed by atoms with E-state index in [4.69, 9.17) is 18.9 Å². The number of methoxy groups -OCH3 is 1. The zero-order chi connectivity index (χ0) is 22.2. The van der Waals surface area contributed by atoms with Gasteiger partial charge in [-0.05, 0) is 29.8 Å². The number of aromatic nitrogens is 2. The Morgan fingerprint density at radius 1 is 1.19 bits per heavy atom. The molecule has 0 spiro atoms. The summed E-state index contributed by atoms with van der Waals surface area (Å²) in [6, 6.07) is 17.4. The summed E-state index contributed by atoms with van der Waals surface area (Å²) in [5.74, 6) is 1.34. The number of hydrogen-bond acceptors (Lipinski definition) is 6. The Kier molecular flexibility index (Phi) is 7.24. The molecule has 0 unspecified atom stereocenters. The van der Waals surface area contributed by atoms with Crippen molar-refractivity contribution in [3.05, 3.63) is 66.4 Å². The fraction of sp³-hybridized carbons (Fsp3) is 0.333. The second kappa shape index (κ2) is 10.7. The predicted octanol–water partition coefficient (Wildman–Crippen LogP) is 3.65. The van der Waals surface area contributed by atoms with E-state index in [1.807, 2.05) is 54.6 Å². The molecule has 1 N–H and O–H groups in total. The highest BCUT2D eigenvalue weighted by molar-refractivity contribution is 5.67. The van der Waals surface area contributed by atoms with Gasteiger partial charge < -0.3 is 24.3 Å². The number of carbonyl (C=O) groups excluding carboxylic acids is 1. The van der Waals surface area contributed by atoms with Crippen molar-refractivity contribution in [1.82, 2.24) is 15.1 Å². The lowest BCUT2D eigenvalue weighted by Gasteiger charge is -2.16. The Labute approximate surface area is 187 Å². The van der Waals surface area contributed by atoms with Gasteiger partial charge in [0.25, 0.3) is 0 Å². The minimum atomic E-state index is -0.457. The second-order valence-electron chi connectivity index (χ2n) is 7.38. The molecule has 1 saturated heterocycles. The Bertz CT molecular complexity index is 1020. The molecule has 2 heterocycles. The lowest BCUT2D eigenvalue weighted by molar-refractivity contribution is 0.138. The molecule has 8 heteroatoms. The number of alkyl carbamates (subject to hydrolysis) is 1. The highest BCUT2D eigenvalue weighted by Gasteiger charge is 2.20. The number of nitrogens with one attached hydrogen (secondary N) is 1. The van der Waals surface area contributed by atoms with Crippen LogP contribution in [0.4, 0.5) is 4.79 Å². The number of nitrogens with zero attached hydrogens (tertiary/aromatic N) is 2. The molecule has 0 aliphatic carbocycles. The number of ether oxygens (including phenoxy) is 4. The average molecular weight is 437 g/mol. The Morgan fingerprint density at radius 2 is 2.06 bits per heavy atom. The van der Waals surface area contributed by atoms with Crippen LogP contribution in [0, 0.1) is 0 Å². The third-order valence-electron chi connectivity index (χ3n) is 5.17. The van der Waals surface area contributed by atoms with Crippen LogP contribution in [0.15, 0.2) is 60.8 Å². The van der Waals surface area contributed by atoms with Crippen LogP contribution in [-0.2, 0) is 22.6 Å². The fourth-order valence-electron chi connectivity index (χ4n) is 3.52. The summed E-state index contributed by atoms with van der Waals surface area (Å²) < 4.78 is 24.1. The van der Waals surface area contributed by atoms with Gasteiger partial charge in [0.05, 0.1) is 32.6 Å². The van der Waals surface area contributed by atoms with Crippen molar-refractivity contribution in [2.45, 2.75) is 25.6 Å². The molecule has 1 fully saturated rings. The average Bonchev–Trinajstić information content (AvgIpc) is 3.51. The van der Waals surface area contributed by atoms with Gasteiger partial charge in [-0.1, -0.05) is 30.3 Å². The van der Waals surface area contributed by atoms with Gasteiger partial charge in [-0.3, -0.25) is 4.68 Å². The van der Waals surface area contributed by atoms with Gasteiger partial charge >= 0.3 is 6.09 Å². The van der Waals surface area contributed by atoms with E-state index < -0.39 is 6.09 Å². The van der Waals surface area contributed by atoms with Crippen molar-refractivity contribution in [1.29, 1.82) is 0 Å². The van der Waals surface area contributed by atoms with Crippen LogP contribution in [0.3, 0.4) is 0 Å². The summed E-state index contributed by atoms with van der Waals surface area (Å²) in [5.41, 5.74) is 2.85. The molecule has 8 nitrogen and oxygen atoms in total. The topological polar surface area (TPSA) is 83.8 Å². The van der Waals surface area contributed by atoms with Gasteiger partial charge in [0.15, 0.2) is 11.5 Å². The van der Waals surface area contributed by atoms with Crippen molar-refractivity contribution in [3.63, 3.8) is 0 Å². The maximum atomic E-state index is 12.0. The molecule has 1 amide bonds. The van der Waals surface area contributed by atoms with Crippen LogP contribution in [0.5, 0.6) is 11.5 Å². The molecule has 0 saturated carbocycles. The van der Waals surface area contributed by atoms with E-state index in [0.29, 0.717) is 37.8 Å². The Morgan fingerprint density at radius 3 is 2.84 bits per heavy atom. The van der Waals surface area contributed by atoms with Gasteiger partial charge in [-0.25, -0.2) is 4.79 Å². The fourth-order valence-corrected chi connectivity index (χ4v) is 3.52. The van der Waals surface area contributed by atoms with Crippen LogP contribution in [0.25, 0.3) is 11.3 Å². The molecule has 168 valence electrons. The first-order valence-electron chi connectivity index (χ1n) is 10.6. The number of carbonyl (C=O) groups is 1. The third kappa shape index (κ3) is 5.59. The van der Waals surface area contributed by atoms with Crippen molar-refractivity contribution in [3.8, 4) is 22.8 Å². The molecule has 0 radical (unpaired) electrons.